The molecule has 1 N–H and O–H groups in total. The molecule has 0 saturated heterocycles. The molecule has 0 amide bonds. The van der Waals surface area contributed by atoms with Crippen LogP contribution in [0.4, 0.5) is 17.3 Å². The molecule has 0 aliphatic heterocycles. The Kier molecular flexibility index (Phi) is 4.78. The molecule has 4 heteroatoms. The quantitative estimate of drug-likeness (QED) is 0.905. The minimum absolute atomic E-state index is 0.891. The van der Waals surface area contributed by atoms with Crippen LogP contribution in [0, 0.1) is 13.8 Å². The standard InChI is InChI=1S/C17H24N4/c1-6-8-15-19-16(18-4)13(3)17(20-15)21(5)14-10-7-9-12(2)11-14/h7,9-11H,6,8H2,1-5H3,(H,18,19,20). The Bertz CT molecular complexity index is 622. The summed E-state index contributed by atoms with van der Waals surface area (Å²) in [4.78, 5) is 11.5. The summed E-state index contributed by atoms with van der Waals surface area (Å²) < 4.78 is 0. The Balaban J connectivity index is 2.48. The summed E-state index contributed by atoms with van der Waals surface area (Å²) in [5, 5.41) is 3.17. The van der Waals surface area contributed by atoms with Gasteiger partial charge in [-0.3, -0.25) is 0 Å². The van der Waals surface area contributed by atoms with Gasteiger partial charge in [-0.2, -0.15) is 0 Å². The van der Waals surface area contributed by atoms with Gasteiger partial charge in [0.05, 0.1) is 0 Å². The van der Waals surface area contributed by atoms with Gasteiger partial charge in [-0.15, -0.1) is 0 Å². The summed E-state index contributed by atoms with van der Waals surface area (Å²) in [6, 6.07) is 8.45. The van der Waals surface area contributed by atoms with E-state index in [9.17, 15) is 0 Å². The Morgan fingerprint density at radius 2 is 1.95 bits per heavy atom. The zero-order chi connectivity index (χ0) is 15.4. The van der Waals surface area contributed by atoms with E-state index in [2.05, 4.69) is 67.3 Å². The van der Waals surface area contributed by atoms with Gasteiger partial charge < -0.3 is 10.2 Å². The fourth-order valence-electron chi connectivity index (χ4n) is 2.41. The molecule has 4 nitrogen and oxygen atoms in total. The normalized spacial score (nSPS) is 10.5. The van der Waals surface area contributed by atoms with Crippen LogP contribution in [0.5, 0.6) is 0 Å². The van der Waals surface area contributed by atoms with Crippen LogP contribution in [0.3, 0.4) is 0 Å². The van der Waals surface area contributed by atoms with Crippen LogP contribution in [0.15, 0.2) is 24.3 Å². The maximum atomic E-state index is 4.75. The molecule has 0 saturated carbocycles. The van der Waals surface area contributed by atoms with Gasteiger partial charge in [0.1, 0.15) is 17.5 Å². The topological polar surface area (TPSA) is 41.1 Å². The van der Waals surface area contributed by atoms with Gasteiger partial charge in [-0.1, -0.05) is 19.1 Å². The molecule has 1 aromatic carbocycles. The number of aromatic nitrogens is 2. The second-order valence-electron chi connectivity index (χ2n) is 5.34. The third-order valence-corrected chi connectivity index (χ3v) is 3.58. The summed E-state index contributed by atoms with van der Waals surface area (Å²) in [5.41, 5.74) is 3.45. The lowest BCUT2D eigenvalue weighted by Crippen LogP contribution is -2.16. The lowest BCUT2D eigenvalue weighted by atomic mass is 10.2. The molecular weight excluding hydrogens is 260 g/mol. The molecule has 0 radical (unpaired) electrons. The fraction of sp³-hybridized carbons (Fsp3) is 0.412. The predicted molar refractivity (Wildman–Crippen MR) is 89.6 cm³/mol. The van der Waals surface area contributed by atoms with E-state index in [1.54, 1.807) is 0 Å². The van der Waals surface area contributed by atoms with Crippen LogP contribution in [0.25, 0.3) is 0 Å². The van der Waals surface area contributed by atoms with Crippen molar-refractivity contribution in [1.82, 2.24) is 9.97 Å². The van der Waals surface area contributed by atoms with Crippen molar-refractivity contribution in [3.63, 3.8) is 0 Å². The van der Waals surface area contributed by atoms with Crippen molar-refractivity contribution in [3.05, 3.63) is 41.2 Å². The number of aryl methyl sites for hydroxylation is 2. The van der Waals surface area contributed by atoms with Gasteiger partial charge in [-0.25, -0.2) is 9.97 Å². The first-order chi connectivity index (χ1) is 10.1. The number of anilines is 3. The first-order valence-corrected chi connectivity index (χ1v) is 7.42. The number of benzene rings is 1. The van der Waals surface area contributed by atoms with Crippen LogP contribution in [-0.4, -0.2) is 24.1 Å². The predicted octanol–water partition coefficient (Wildman–Crippen LogP) is 3.86. The molecule has 112 valence electrons. The van der Waals surface area contributed by atoms with Crippen LogP contribution < -0.4 is 10.2 Å². The zero-order valence-electron chi connectivity index (χ0n) is 13.6. The summed E-state index contributed by atoms with van der Waals surface area (Å²) in [5.74, 6) is 2.76. The molecule has 2 aromatic rings. The monoisotopic (exact) mass is 284 g/mol. The largest absolute Gasteiger partial charge is 0.373 e. The van der Waals surface area contributed by atoms with Crippen LogP contribution in [0.1, 0.15) is 30.3 Å². The molecule has 0 aliphatic rings. The molecule has 0 unspecified atom stereocenters. The maximum absolute atomic E-state index is 4.75. The number of hydrogen-bond donors (Lipinski definition) is 1. The SMILES string of the molecule is CCCc1nc(NC)c(C)c(N(C)c2cccc(C)c2)n1. The minimum Gasteiger partial charge on any atom is -0.373 e. The second kappa shape index (κ2) is 6.57. The summed E-state index contributed by atoms with van der Waals surface area (Å²) in [7, 11) is 3.96. The minimum atomic E-state index is 0.891. The van der Waals surface area contributed by atoms with E-state index in [0.29, 0.717) is 0 Å². The van der Waals surface area contributed by atoms with Gasteiger partial charge in [0.25, 0.3) is 0 Å². The van der Waals surface area contributed by atoms with Gasteiger partial charge in [0.2, 0.25) is 0 Å². The summed E-state index contributed by atoms with van der Waals surface area (Å²) in [6.07, 6.45) is 1.93. The molecular formula is C17H24N4. The molecule has 0 atom stereocenters. The third-order valence-electron chi connectivity index (χ3n) is 3.58. The molecule has 1 aromatic heterocycles. The van der Waals surface area contributed by atoms with Gasteiger partial charge in [0, 0.05) is 31.8 Å². The second-order valence-corrected chi connectivity index (χ2v) is 5.34. The molecule has 2 rings (SSSR count). The zero-order valence-corrected chi connectivity index (χ0v) is 13.6. The van der Waals surface area contributed by atoms with Crippen LogP contribution in [0.2, 0.25) is 0 Å². The molecule has 0 fully saturated rings. The Morgan fingerprint density at radius 3 is 2.57 bits per heavy atom. The Hall–Kier alpha value is -2.10. The highest BCUT2D eigenvalue weighted by Crippen LogP contribution is 2.29. The van der Waals surface area contributed by atoms with E-state index in [1.807, 2.05) is 7.05 Å². The van der Waals surface area contributed by atoms with Crippen LogP contribution in [-0.2, 0) is 6.42 Å². The smallest absolute Gasteiger partial charge is 0.141 e. The lowest BCUT2D eigenvalue weighted by Gasteiger charge is -2.22. The van der Waals surface area contributed by atoms with E-state index in [4.69, 9.17) is 4.98 Å². The van der Waals surface area contributed by atoms with Gasteiger partial charge in [-0.05, 0) is 38.0 Å². The van der Waals surface area contributed by atoms with Gasteiger partial charge in [0.15, 0.2) is 0 Å². The molecule has 1 heterocycles. The highest BCUT2D eigenvalue weighted by Gasteiger charge is 2.14. The summed E-state index contributed by atoms with van der Waals surface area (Å²) in [6.45, 7) is 6.31. The molecule has 0 spiro atoms. The van der Waals surface area contributed by atoms with Crippen molar-refractivity contribution >= 4 is 17.3 Å². The molecule has 21 heavy (non-hydrogen) atoms. The average Bonchev–Trinajstić information content (AvgIpc) is 2.48. The highest BCUT2D eigenvalue weighted by molar-refractivity contribution is 5.67. The van der Waals surface area contributed by atoms with E-state index < -0.39 is 0 Å². The Labute approximate surface area is 127 Å². The third kappa shape index (κ3) is 3.32. The highest BCUT2D eigenvalue weighted by atomic mass is 15.2. The van der Waals surface area contributed by atoms with Crippen molar-refractivity contribution in [2.24, 2.45) is 0 Å². The van der Waals surface area contributed by atoms with E-state index >= 15 is 0 Å². The Morgan fingerprint density at radius 1 is 1.19 bits per heavy atom. The first-order valence-electron chi connectivity index (χ1n) is 7.42. The number of hydrogen-bond acceptors (Lipinski definition) is 4. The van der Waals surface area contributed by atoms with Crippen molar-refractivity contribution in [2.75, 3.05) is 24.3 Å². The van der Waals surface area contributed by atoms with Crippen molar-refractivity contribution in [3.8, 4) is 0 Å². The van der Waals surface area contributed by atoms with Crippen molar-refractivity contribution in [1.29, 1.82) is 0 Å². The summed E-state index contributed by atoms with van der Waals surface area (Å²) >= 11 is 0. The average molecular weight is 284 g/mol. The molecule has 0 aliphatic carbocycles. The number of nitrogens with one attached hydrogen (secondary N) is 1. The van der Waals surface area contributed by atoms with E-state index in [-0.39, 0.29) is 0 Å². The van der Waals surface area contributed by atoms with Crippen LogP contribution >= 0.6 is 0 Å². The van der Waals surface area contributed by atoms with Crippen molar-refractivity contribution in [2.45, 2.75) is 33.6 Å². The number of rotatable bonds is 5. The molecule has 0 bridgehead atoms. The van der Waals surface area contributed by atoms with Crippen molar-refractivity contribution < 1.29 is 0 Å². The van der Waals surface area contributed by atoms with E-state index in [0.717, 1.165) is 41.6 Å². The lowest BCUT2D eigenvalue weighted by molar-refractivity contribution is 0.828. The maximum Gasteiger partial charge on any atom is 0.141 e. The first kappa shape index (κ1) is 15.3. The number of nitrogens with zero attached hydrogens (tertiary/aromatic N) is 3. The van der Waals surface area contributed by atoms with Gasteiger partial charge >= 0.3 is 0 Å². The van der Waals surface area contributed by atoms with E-state index in [1.165, 1.54) is 5.56 Å². The fourth-order valence-corrected chi connectivity index (χ4v) is 2.41.